The fraction of sp³-hybridized carbons (Fsp3) is 0.0833. The number of carbonyl (C=O) groups excluding carboxylic acids is 1. The molecular formula is C24H17ClN2O6. The van der Waals surface area contributed by atoms with Gasteiger partial charge in [0.1, 0.15) is 11.5 Å². The van der Waals surface area contributed by atoms with Crippen molar-refractivity contribution in [3.63, 3.8) is 0 Å². The Morgan fingerprint density at radius 2 is 1.85 bits per heavy atom. The highest BCUT2D eigenvalue weighted by Crippen LogP contribution is 2.26. The molecule has 8 nitrogen and oxygen atoms in total. The largest absolute Gasteiger partial charge is 0.478 e. The molecule has 0 aliphatic rings. The molecule has 4 aromatic rings. The predicted molar refractivity (Wildman–Crippen MR) is 123 cm³/mol. The Labute approximate surface area is 192 Å². The third-order valence-corrected chi connectivity index (χ3v) is 5.04. The number of H-pyrrole nitrogens is 1. The van der Waals surface area contributed by atoms with Crippen molar-refractivity contribution in [3.05, 3.63) is 87.7 Å². The van der Waals surface area contributed by atoms with E-state index in [4.69, 9.17) is 25.9 Å². The summed E-state index contributed by atoms with van der Waals surface area (Å²) in [6, 6.07) is 14.3. The number of esters is 1. The summed E-state index contributed by atoms with van der Waals surface area (Å²) in [4.78, 5) is 42.2. The average molecular weight is 465 g/mol. The summed E-state index contributed by atoms with van der Waals surface area (Å²) in [5, 5.41) is 9.52. The number of aromatic nitrogens is 2. The topological polar surface area (TPSA) is 122 Å². The van der Waals surface area contributed by atoms with E-state index < -0.39 is 17.5 Å². The van der Waals surface area contributed by atoms with E-state index in [-0.39, 0.29) is 27.3 Å². The molecular weight excluding hydrogens is 448 g/mol. The molecule has 2 N–H and O–H groups in total. The number of ether oxygens (including phenoxy) is 1. The van der Waals surface area contributed by atoms with E-state index in [0.717, 1.165) is 5.56 Å². The first-order valence-electron chi connectivity index (χ1n) is 9.88. The van der Waals surface area contributed by atoms with Crippen molar-refractivity contribution < 1.29 is 23.8 Å². The van der Waals surface area contributed by atoms with Gasteiger partial charge in [-0.25, -0.2) is 14.6 Å². The van der Waals surface area contributed by atoms with Crippen LogP contribution < -0.4 is 5.56 Å². The van der Waals surface area contributed by atoms with Crippen molar-refractivity contribution in [1.82, 2.24) is 9.97 Å². The zero-order valence-electron chi connectivity index (χ0n) is 17.3. The molecule has 166 valence electrons. The van der Waals surface area contributed by atoms with Gasteiger partial charge in [0, 0.05) is 11.6 Å². The normalized spacial score (nSPS) is 11.5. The molecule has 0 aliphatic heterocycles. The average Bonchev–Trinajstić information content (AvgIpc) is 3.27. The number of rotatable bonds is 6. The standard InChI is InChI=1S/C24H17ClN2O6/c1-2-32-24(31)14-5-3-13(4-6-14)20-10-8-16(33-20)12-18(25)21-26-19-11-15(23(29)30)7-9-17(19)22(28)27-21/h3-12H,2H2,1H3,(H,29,30)(H,26,27,28)/b18-12-. The maximum atomic E-state index is 12.4. The van der Waals surface area contributed by atoms with Crippen molar-refractivity contribution >= 4 is 45.6 Å². The second-order valence-electron chi connectivity index (χ2n) is 6.94. The number of nitrogens with one attached hydrogen (secondary N) is 1. The van der Waals surface area contributed by atoms with Crippen LogP contribution in [0.1, 0.15) is 39.2 Å². The van der Waals surface area contributed by atoms with Gasteiger partial charge in [-0.1, -0.05) is 23.7 Å². The molecule has 0 aliphatic carbocycles. The van der Waals surface area contributed by atoms with Crippen LogP contribution in [0.2, 0.25) is 0 Å². The lowest BCUT2D eigenvalue weighted by molar-refractivity contribution is 0.0526. The predicted octanol–water partition coefficient (Wildman–Crippen LogP) is 4.79. The van der Waals surface area contributed by atoms with E-state index >= 15 is 0 Å². The second-order valence-corrected chi connectivity index (χ2v) is 7.35. The zero-order valence-corrected chi connectivity index (χ0v) is 18.1. The zero-order chi connectivity index (χ0) is 23.5. The van der Waals surface area contributed by atoms with E-state index in [1.165, 1.54) is 24.3 Å². The van der Waals surface area contributed by atoms with Gasteiger partial charge in [0.05, 0.1) is 33.7 Å². The highest BCUT2D eigenvalue weighted by atomic mass is 35.5. The van der Waals surface area contributed by atoms with Gasteiger partial charge in [0.25, 0.3) is 5.56 Å². The molecule has 0 spiro atoms. The number of benzene rings is 2. The Hall–Kier alpha value is -4.17. The number of hydrogen-bond donors (Lipinski definition) is 2. The van der Waals surface area contributed by atoms with Crippen molar-refractivity contribution in [3.8, 4) is 11.3 Å². The van der Waals surface area contributed by atoms with Gasteiger partial charge in [0.15, 0.2) is 5.82 Å². The van der Waals surface area contributed by atoms with Crippen LogP contribution >= 0.6 is 11.6 Å². The minimum atomic E-state index is -1.12. The SMILES string of the molecule is CCOC(=O)c1ccc(-c2ccc(/C=C(\Cl)c3nc4cc(C(=O)O)ccc4c(=O)[nH]3)o2)cc1. The third-order valence-electron chi connectivity index (χ3n) is 4.76. The van der Waals surface area contributed by atoms with Crippen LogP contribution in [0.4, 0.5) is 0 Å². The summed E-state index contributed by atoms with van der Waals surface area (Å²) in [7, 11) is 0. The molecule has 0 saturated carbocycles. The highest BCUT2D eigenvalue weighted by Gasteiger charge is 2.12. The van der Waals surface area contributed by atoms with Crippen LogP contribution in [0.25, 0.3) is 33.3 Å². The van der Waals surface area contributed by atoms with Gasteiger partial charge < -0.3 is 19.2 Å². The van der Waals surface area contributed by atoms with E-state index in [1.54, 1.807) is 43.3 Å². The Morgan fingerprint density at radius 3 is 2.55 bits per heavy atom. The molecule has 2 aromatic carbocycles. The van der Waals surface area contributed by atoms with Crippen molar-refractivity contribution in [1.29, 1.82) is 0 Å². The number of aromatic amines is 1. The quantitative estimate of drug-likeness (QED) is 0.393. The van der Waals surface area contributed by atoms with Crippen LogP contribution in [0.5, 0.6) is 0 Å². The lowest BCUT2D eigenvalue weighted by atomic mass is 10.1. The van der Waals surface area contributed by atoms with E-state index in [9.17, 15) is 14.4 Å². The van der Waals surface area contributed by atoms with Gasteiger partial charge in [-0.2, -0.15) is 0 Å². The molecule has 33 heavy (non-hydrogen) atoms. The fourth-order valence-electron chi connectivity index (χ4n) is 3.15. The minimum absolute atomic E-state index is 0.0105. The van der Waals surface area contributed by atoms with Gasteiger partial charge in [-0.05, 0) is 49.4 Å². The van der Waals surface area contributed by atoms with Gasteiger partial charge in [-0.15, -0.1) is 0 Å². The number of fused-ring (bicyclic) bond motifs is 1. The second kappa shape index (κ2) is 9.13. The maximum absolute atomic E-state index is 12.4. The number of halogens is 1. The van der Waals surface area contributed by atoms with Gasteiger partial charge in [0.2, 0.25) is 0 Å². The van der Waals surface area contributed by atoms with Crippen LogP contribution in [-0.4, -0.2) is 33.6 Å². The summed E-state index contributed by atoms with van der Waals surface area (Å²) >= 11 is 6.36. The highest BCUT2D eigenvalue weighted by molar-refractivity contribution is 6.50. The van der Waals surface area contributed by atoms with Gasteiger partial charge in [-0.3, -0.25) is 4.79 Å². The smallest absolute Gasteiger partial charge is 0.338 e. The fourth-order valence-corrected chi connectivity index (χ4v) is 3.35. The monoisotopic (exact) mass is 464 g/mol. The first-order chi connectivity index (χ1) is 15.9. The van der Waals surface area contributed by atoms with E-state index in [1.807, 2.05) is 0 Å². The number of carboxylic acid groups (broad SMARTS) is 1. The Bertz CT molecular complexity index is 1450. The molecule has 2 aromatic heterocycles. The molecule has 9 heteroatoms. The summed E-state index contributed by atoms with van der Waals surface area (Å²) in [6.45, 7) is 2.04. The summed E-state index contributed by atoms with van der Waals surface area (Å²) in [6.07, 6.45) is 1.49. The molecule has 2 heterocycles. The van der Waals surface area contributed by atoms with E-state index in [0.29, 0.717) is 23.7 Å². The number of carboxylic acids is 1. The van der Waals surface area contributed by atoms with Crippen LogP contribution in [0, 0.1) is 0 Å². The molecule has 4 rings (SSSR count). The molecule has 0 amide bonds. The Morgan fingerprint density at radius 1 is 1.12 bits per heavy atom. The number of nitrogens with zero attached hydrogens (tertiary/aromatic N) is 1. The molecule has 0 bridgehead atoms. The number of furan rings is 1. The maximum Gasteiger partial charge on any atom is 0.338 e. The van der Waals surface area contributed by atoms with Crippen LogP contribution in [0.15, 0.2) is 63.8 Å². The lowest BCUT2D eigenvalue weighted by Crippen LogP contribution is -2.11. The van der Waals surface area contributed by atoms with Crippen molar-refractivity contribution in [2.24, 2.45) is 0 Å². The molecule has 0 fully saturated rings. The number of hydrogen-bond acceptors (Lipinski definition) is 6. The summed E-state index contributed by atoms with van der Waals surface area (Å²) < 4.78 is 10.8. The first kappa shape index (κ1) is 22.0. The van der Waals surface area contributed by atoms with Crippen molar-refractivity contribution in [2.45, 2.75) is 6.92 Å². The Kier molecular flexibility index (Phi) is 6.10. The van der Waals surface area contributed by atoms with Crippen LogP contribution in [-0.2, 0) is 4.74 Å². The van der Waals surface area contributed by atoms with E-state index in [2.05, 4.69) is 9.97 Å². The van der Waals surface area contributed by atoms with Crippen molar-refractivity contribution in [2.75, 3.05) is 6.61 Å². The summed E-state index contributed by atoms with van der Waals surface area (Å²) in [5.41, 5.74) is 0.962. The molecule has 0 radical (unpaired) electrons. The summed E-state index contributed by atoms with van der Waals surface area (Å²) in [5.74, 6) is -0.487. The first-order valence-corrected chi connectivity index (χ1v) is 10.3. The molecule has 0 saturated heterocycles. The van der Waals surface area contributed by atoms with Gasteiger partial charge >= 0.3 is 11.9 Å². The third kappa shape index (κ3) is 4.70. The minimum Gasteiger partial charge on any atom is -0.478 e. The number of carbonyl (C=O) groups is 2. The Balaban J connectivity index is 1.61. The number of aromatic carboxylic acids is 1. The van der Waals surface area contributed by atoms with Crippen LogP contribution in [0.3, 0.4) is 0 Å². The lowest BCUT2D eigenvalue weighted by Gasteiger charge is -2.03. The molecule has 0 atom stereocenters. The molecule has 0 unspecified atom stereocenters.